The van der Waals surface area contributed by atoms with E-state index >= 15 is 0 Å². The lowest BCUT2D eigenvalue weighted by molar-refractivity contribution is 0.430. The molecule has 0 aliphatic rings. The predicted molar refractivity (Wildman–Crippen MR) is 52.3 cm³/mol. The minimum Gasteiger partial charge on any atom is -0.334 e. The van der Waals surface area contributed by atoms with Gasteiger partial charge in [-0.15, -0.1) is 5.92 Å². The molecule has 0 saturated carbocycles. The second-order valence-electron chi connectivity index (χ2n) is 2.70. The lowest BCUT2D eigenvalue weighted by Crippen LogP contribution is -1.78. The molecule has 2 rings (SSSR count). The molecule has 0 aliphatic carbocycles. The van der Waals surface area contributed by atoms with Gasteiger partial charge < -0.3 is 4.52 Å². The van der Waals surface area contributed by atoms with Gasteiger partial charge in [0.05, 0.1) is 0 Å². The largest absolute Gasteiger partial charge is 0.334 e. The lowest BCUT2D eigenvalue weighted by atomic mass is 10.1. The van der Waals surface area contributed by atoms with Crippen LogP contribution in [0.25, 0.3) is 11.5 Å². The predicted octanol–water partition coefficient (Wildman–Crippen LogP) is 2.11. The normalized spacial score (nSPS) is 9.21. The van der Waals surface area contributed by atoms with Crippen LogP contribution in [0.15, 0.2) is 35.1 Å². The Hall–Kier alpha value is -2.08. The Kier molecular flexibility index (Phi) is 2.28. The standard InChI is InChI=1S/C11H8N2O/c1-2-3-9-4-6-10(7-5-9)11-12-8-13-14-11/h4-8H,1H3. The Morgan fingerprint density at radius 1 is 1.21 bits per heavy atom. The highest BCUT2D eigenvalue weighted by Crippen LogP contribution is 2.15. The Bertz CT molecular complexity index is 460. The Balaban J connectivity index is 2.34. The summed E-state index contributed by atoms with van der Waals surface area (Å²) in [5.74, 6) is 6.33. The van der Waals surface area contributed by atoms with Crippen molar-refractivity contribution in [1.82, 2.24) is 10.1 Å². The van der Waals surface area contributed by atoms with Crippen LogP contribution in [0.3, 0.4) is 0 Å². The van der Waals surface area contributed by atoms with Gasteiger partial charge in [-0.05, 0) is 31.2 Å². The van der Waals surface area contributed by atoms with Crippen LogP contribution in [0.5, 0.6) is 0 Å². The van der Waals surface area contributed by atoms with Crippen molar-refractivity contribution in [3.05, 3.63) is 36.2 Å². The van der Waals surface area contributed by atoms with Crippen molar-refractivity contribution in [1.29, 1.82) is 0 Å². The molecule has 0 unspecified atom stereocenters. The van der Waals surface area contributed by atoms with Crippen LogP contribution in [0, 0.1) is 11.8 Å². The fraction of sp³-hybridized carbons (Fsp3) is 0.0909. The zero-order valence-corrected chi connectivity index (χ0v) is 7.69. The smallest absolute Gasteiger partial charge is 0.257 e. The van der Waals surface area contributed by atoms with E-state index in [0.717, 1.165) is 11.1 Å². The fourth-order valence-corrected chi connectivity index (χ4v) is 1.14. The average Bonchev–Trinajstić information content (AvgIpc) is 2.72. The van der Waals surface area contributed by atoms with Gasteiger partial charge >= 0.3 is 0 Å². The maximum atomic E-state index is 4.92. The Morgan fingerprint density at radius 3 is 2.57 bits per heavy atom. The first kappa shape index (κ1) is 8.52. The van der Waals surface area contributed by atoms with E-state index in [2.05, 4.69) is 22.0 Å². The molecular weight excluding hydrogens is 176 g/mol. The molecule has 0 spiro atoms. The fourth-order valence-electron chi connectivity index (χ4n) is 1.14. The third-order valence-corrected chi connectivity index (χ3v) is 1.76. The molecule has 0 bridgehead atoms. The zero-order valence-electron chi connectivity index (χ0n) is 7.69. The van der Waals surface area contributed by atoms with Crippen LogP contribution >= 0.6 is 0 Å². The van der Waals surface area contributed by atoms with Crippen LogP contribution in [0.1, 0.15) is 12.5 Å². The van der Waals surface area contributed by atoms with Crippen molar-refractivity contribution in [3.63, 3.8) is 0 Å². The molecule has 3 nitrogen and oxygen atoms in total. The van der Waals surface area contributed by atoms with E-state index in [4.69, 9.17) is 4.52 Å². The van der Waals surface area contributed by atoms with Gasteiger partial charge in [0.25, 0.3) is 5.89 Å². The maximum absolute atomic E-state index is 4.92. The molecule has 2 aromatic rings. The van der Waals surface area contributed by atoms with Crippen LogP contribution in [-0.2, 0) is 0 Å². The highest BCUT2D eigenvalue weighted by Gasteiger charge is 2.01. The summed E-state index contributed by atoms with van der Waals surface area (Å²) < 4.78 is 4.92. The molecular formula is C11H8N2O. The van der Waals surface area contributed by atoms with E-state index in [0.29, 0.717) is 5.89 Å². The summed E-state index contributed by atoms with van der Waals surface area (Å²) in [5.41, 5.74) is 1.89. The van der Waals surface area contributed by atoms with E-state index in [1.165, 1.54) is 6.33 Å². The Labute approximate surface area is 81.8 Å². The van der Waals surface area contributed by atoms with Crippen molar-refractivity contribution in [3.8, 4) is 23.3 Å². The summed E-state index contributed by atoms with van der Waals surface area (Å²) in [4.78, 5) is 3.95. The molecule has 0 radical (unpaired) electrons. The summed E-state index contributed by atoms with van der Waals surface area (Å²) in [5, 5.41) is 3.54. The second-order valence-corrected chi connectivity index (χ2v) is 2.70. The van der Waals surface area contributed by atoms with Crippen LogP contribution in [0.2, 0.25) is 0 Å². The van der Waals surface area contributed by atoms with Crippen LogP contribution < -0.4 is 0 Å². The number of hydrogen-bond acceptors (Lipinski definition) is 3. The van der Waals surface area contributed by atoms with E-state index in [9.17, 15) is 0 Å². The molecule has 0 aliphatic heterocycles. The minimum atomic E-state index is 0.529. The second kappa shape index (κ2) is 3.75. The van der Waals surface area contributed by atoms with Gasteiger partial charge in [-0.3, -0.25) is 0 Å². The van der Waals surface area contributed by atoms with Crippen molar-refractivity contribution in [2.24, 2.45) is 0 Å². The van der Waals surface area contributed by atoms with E-state index in [1.54, 1.807) is 0 Å². The van der Waals surface area contributed by atoms with Gasteiger partial charge in [-0.1, -0.05) is 11.1 Å². The number of hydrogen-bond donors (Lipinski definition) is 0. The van der Waals surface area contributed by atoms with Gasteiger partial charge in [-0.2, -0.15) is 4.98 Å². The van der Waals surface area contributed by atoms with Crippen molar-refractivity contribution in [2.45, 2.75) is 6.92 Å². The molecule has 0 atom stereocenters. The summed E-state index contributed by atoms with van der Waals surface area (Å²) in [7, 11) is 0. The molecule has 0 saturated heterocycles. The molecule has 1 heterocycles. The summed E-state index contributed by atoms with van der Waals surface area (Å²) in [6.45, 7) is 1.81. The van der Waals surface area contributed by atoms with E-state index in [-0.39, 0.29) is 0 Å². The van der Waals surface area contributed by atoms with Crippen molar-refractivity contribution in [2.75, 3.05) is 0 Å². The summed E-state index contributed by atoms with van der Waals surface area (Å²) >= 11 is 0. The maximum Gasteiger partial charge on any atom is 0.257 e. The first-order valence-electron chi connectivity index (χ1n) is 4.20. The summed E-state index contributed by atoms with van der Waals surface area (Å²) in [6.07, 6.45) is 1.38. The zero-order chi connectivity index (χ0) is 9.80. The first-order valence-corrected chi connectivity index (χ1v) is 4.20. The SMILES string of the molecule is CC#Cc1ccc(-c2ncno2)cc1. The van der Waals surface area contributed by atoms with Gasteiger partial charge in [0, 0.05) is 11.1 Å². The number of rotatable bonds is 1. The lowest BCUT2D eigenvalue weighted by Gasteiger charge is -1.93. The molecule has 68 valence electrons. The molecule has 1 aromatic heterocycles. The van der Waals surface area contributed by atoms with Gasteiger partial charge in [0.1, 0.15) is 0 Å². The van der Waals surface area contributed by atoms with E-state index < -0.39 is 0 Å². The van der Waals surface area contributed by atoms with Crippen molar-refractivity contribution < 1.29 is 4.52 Å². The molecule has 3 heteroatoms. The van der Waals surface area contributed by atoms with Crippen LogP contribution in [-0.4, -0.2) is 10.1 Å². The number of aromatic nitrogens is 2. The van der Waals surface area contributed by atoms with Gasteiger partial charge in [-0.25, -0.2) is 0 Å². The van der Waals surface area contributed by atoms with Gasteiger partial charge in [0.15, 0.2) is 6.33 Å². The van der Waals surface area contributed by atoms with Crippen molar-refractivity contribution >= 4 is 0 Å². The number of benzene rings is 1. The molecule has 0 fully saturated rings. The third kappa shape index (κ3) is 1.64. The molecule has 0 amide bonds. The van der Waals surface area contributed by atoms with E-state index in [1.807, 2.05) is 31.2 Å². The monoisotopic (exact) mass is 184 g/mol. The molecule has 14 heavy (non-hydrogen) atoms. The average molecular weight is 184 g/mol. The van der Waals surface area contributed by atoms with Crippen LogP contribution in [0.4, 0.5) is 0 Å². The first-order chi connectivity index (χ1) is 6.90. The highest BCUT2D eigenvalue weighted by atomic mass is 16.5. The number of nitrogens with zero attached hydrogens (tertiary/aromatic N) is 2. The molecule has 1 aromatic carbocycles. The highest BCUT2D eigenvalue weighted by molar-refractivity contribution is 5.54. The minimum absolute atomic E-state index is 0.529. The molecule has 0 N–H and O–H groups in total. The third-order valence-electron chi connectivity index (χ3n) is 1.76. The Morgan fingerprint density at radius 2 is 2.00 bits per heavy atom. The quantitative estimate of drug-likeness (QED) is 0.637. The summed E-state index contributed by atoms with van der Waals surface area (Å²) in [6, 6.07) is 7.67. The topological polar surface area (TPSA) is 38.9 Å². The van der Waals surface area contributed by atoms with Gasteiger partial charge in [0.2, 0.25) is 0 Å².